The Balaban J connectivity index is 1.91. The summed E-state index contributed by atoms with van der Waals surface area (Å²) in [7, 11) is -0.798. The maximum Gasteiger partial charge on any atom is 0.122 e. The molecular weight excluding hydrogens is 234 g/mol. The molecule has 0 fully saturated rings. The van der Waals surface area contributed by atoms with E-state index in [9.17, 15) is 4.21 Å². The second kappa shape index (κ2) is 5.65. The molecule has 0 radical (unpaired) electrons. The summed E-state index contributed by atoms with van der Waals surface area (Å²) >= 11 is 0. The van der Waals surface area contributed by atoms with Crippen LogP contribution < -0.4 is 10.5 Å². The monoisotopic (exact) mass is 253 g/mol. The zero-order valence-corrected chi connectivity index (χ0v) is 10.9. The van der Waals surface area contributed by atoms with E-state index >= 15 is 0 Å². The number of hydrogen-bond donors (Lipinski definition) is 1. The van der Waals surface area contributed by atoms with E-state index < -0.39 is 10.8 Å². The predicted octanol–water partition coefficient (Wildman–Crippen LogP) is 1.65. The van der Waals surface area contributed by atoms with Crippen LogP contribution in [0.1, 0.15) is 24.8 Å². The highest BCUT2D eigenvalue weighted by molar-refractivity contribution is 7.85. The van der Waals surface area contributed by atoms with Crippen molar-refractivity contribution in [2.45, 2.75) is 25.3 Å². The van der Waals surface area contributed by atoms with E-state index in [1.165, 1.54) is 5.56 Å². The Bertz CT molecular complexity index is 406. The Morgan fingerprint density at radius 1 is 1.53 bits per heavy atom. The summed E-state index contributed by atoms with van der Waals surface area (Å²) in [4.78, 5) is 0. The maximum absolute atomic E-state index is 11.9. The van der Waals surface area contributed by atoms with E-state index in [2.05, 4.69) is 6.07 Å². The first-order valence-corrected chi connectivity index (χ1v) is 7.48. The van der Waals surface area contributed by atoms with Crippen LogP contribution in [0.5, 0.6) is 5.75 Å². The molecule has 0 saturated carbocycles. The Kier molecular flexibility index (Phi) is 4.18. The van der Waals surface area contributed by atoms with Gasteiger partial charge in [0.1, 0.15) is 5.75 Å². The van der Waals surface area contributed by atoms with Gasteiger partial charge in [-0.15, -0.1) is 0 Å². The van der Waals surface area contributed by atoms with Crippen LogP contribution in [0, 0.1) is 0 Å². The van der Waals surface area contributed by atoms with Gasteiger partial charge < -0.3 is 10.5 Å². The third-order valence-corrected chi connectivity index (χ3v) is 4.45. The van der Waals surface area contributed by atoms with Crippen molar-refractivity contribution in [2.24, 2.45) is 5.73 Å². The minimum Gasteiger partial charge on any atom is -0.493 e. The standard InChI is InChI=1S/C13H19NO2S/c1-10(14)6-7-17(15)9-11-8-16-13-5-3-2-4-12(11)13/h2-5,10-11H,6-9,14H2,1H3. The Morgan fingerprint density at radius 3 is 3.06 bits per heavy atom. The molecule has 3 atom stereocenters. The molecule has 1 heterocycles. The predicted molar refractivity (Wildman–Crippen MR) is 70.8 cm³/mol. The first-order chi connectivity index (χ1) is 8.16. The molecule has 4 heteroatoms. The molecule has 0 aliphatic carbocycles. The quantitative estimate of drug-likeness (QED) is 0.868. The largest absolute Gasteiger partial charge is 0.493 e. The van der Waals surface area contributed by atoms with Gasteiger partial charge >= 0.3 is 0 Å². The van der Waals surface area contributed by atoms with Crippen LogP contribution in [0.3, 0.4) is 0 Å². The van der Waals surface area contributed by atoms with Crippen molar-refractivity contribution in [1.82, 2.24) is 0 Å². The molecule has 3 unspecified atom stereocenters. The third-order valence-electron chi connectivity index (χ3n) is 2.99. The van der Waals surface area contributed by atoms with Gasteiger partial charge in [0.15, 0.2) is 0 Å². The Morgan fingerprint density at radius 2 is 2.29 bits per heavy atom. The lowest BCUT2D eigenvalue weighted by atomic mass is 10.0. The summed E-state index contributed by atoms with van der Waals surface area (Å²) in [6.07, 6.45) is 0.821. The van der Waals surface area contributed by atoms with Crippen molar-refractivity contribution in [3.8, 4) is 5.75 Å². The third kappa shape index (κ3) is 3.30. The van der Waals surface area contributed by atoms with Gasteiger partial charge in [0.2, 0.25) is 0 Å². The second-order valence-corrected chi connectivity index (χ2v) is 6.24. The van der Waals surface area contributed by atoms with Gasteiger partial charge in [-0.3, -0.25) is 4.21 Å². The SMILES string of the molecule is CC(N)CCS(=O)CC1COc2ccccc21. The molecule has 1 aromatic carbocycles. The molecule has 1 aromatic rings. The van der Waals surface area contributed by atoms with Crippen LogP contribution in [-0.2, 0) is 10.8 Å². The van der Waals surface area contributed by atoms with Gasteiger partial charge in [-0.2, -0.15) is 0 Å². The summed E-state index contributed by atoms with van der Waals surface area (Å²) in [5.41, 5.74) is 6.86. The van der Waals surface area contributed by atoms with Gasteiger partial charge in [-0.25, -0.2) is 0 Å². The number of fused-ring (bicyclic) bond motifs is 1. The molecule has 2 rings (SSSR count). The van der Waals surface area contributed by atoms with E-state index in [0.717, 1.165) is 12.2 Å². The first-order valence-electron chi connectivity index (χ1n) is 5.99. The average Bonchev–Trinajstić information content (AvgIpc) is 2.70. The van der Waals surface area contributed by atoms with E-state index in [1.807, 2.05) is 25.1 Å². The molecular formula is C13H19NO2S. The van der Waals surface area contributed by atoms with Gasteiger partial charge in [0.05, 0.1) is 6.61 Å². The maximum atomic E-state index is 11.9. The fourth-order valence-corrected chi connectivity index (χ4v) is 3.52. The molecule has 0 saturated heterocycles. The van der Waals surface area contributed by atoms with Gasteiger partial charge in [-0.05, 0) is 19.4 Å². The van der Waals surface area contributed by atoms with Crippen molar-refractivity contribution in [3.05, 3.63) is 29.8 Å². The first kappa shape index (κ1) is 12.6. The fraction of sp³-hybridized carbons (Fsp3) is 0.538. The summed E-state index contributed by atoms with van der Waals surface area (Å²) in [5, 5.41) is 0. The highest BCUT2D eigenvalue weighted by Gasteiger charge is 2.25. The van der Waals surface area contributed by atoms with Crippen LogP contribution in [0.25, 0.3) is 0 Å². The van der Waals surface area contributed by atoms with Crippen LogP contribution >= 0.6 is 0 Å². The summed E-state index contributed by atoms with van der Waals surface area (Å²) in [6.45, 7) is 2.61. The number of benzene rings is 1. The number of hydrogen-bond acceptors (Lipinski definition) is 3. The van der Waals surface area contributed by atoms with Crippen molar-refractivity contribution < 1.29 is 8.95 Å². The van der Waals surface area contributed by atoms with Gasteiger partial charge in [-0.1, -0.05) is 18.2 Å². The lowest BCUT2D eigenvalue weighted by Crippen LogP contribution is -2.20. The Hall–Kier alpha value is -0.870. The smallest absolute Gasteiger partial charge is 0.122 e. The molecule has 0 amide bonds. The van der Waals surface area contributed by atoms with Gasteiger partial charge in [0, 0.05) is 39.8 Å². The number of ether oxygens (including phenoxy) is 1. The molecule has 0 aromatic heterocycles. The average molecular weight is 253 g/mol. The lowest BCUT2D eigenvalue weighted by molar-refractivity contribution is 0.338. The van der Waals surface area contributed by atoms with Crippen molar-refractivity contribution >= 4 is 10.8 Å². The van der Waals surface area contributed by atoms with Crippen LogP contribution in [0.4, 0.5) is 0 Å². The molecule has 94 valence electrons. The van der Waals surface area contributed by atoms with E-state index in [1.54, 1.807) is 0 Å². The number of para-hydroxylation sites is 1. The van der Waals surface area contributed by atoms with Crippen LogP contribution in [-0.4, -0.2) is 28.4 Å². The second-order valence-electron chi connectivity index (χ2n) is 4.62. The topological polar surface area (TPSA) is 52.3 Å². The zero-order chi connectivity index (χ0) is 12.3. The number of rotatable bonds is 5. The van der Waals surface area contributed by atoms with Crippen LogP contribution in [0.15, 0.2) is 24.3 Å². The molecule has 2 N–H and O–H groups in total. The highest BCUT2D eigenvalue weighted by Crippen LogP contribution is 2.33. The minimum absolute atomic E-state index is 0.131. The van der Waals surface area contributed by atoms with Crippen molar-refractivity contribution in [2.75, 3.05) is 18.1 Å². The van der Waals surface area contributed by atoms with E-state index in [4.69, 9.17) is 10.5 Å². The van der Waals surface area contributed by atoms with E-state index in [-0.39, 0.29) is 12.0 Å². The van der Waals surface area contributed by atoms with E-state index in [0.29, 0.717) is 18.1 Å². The molecule has 1 aliphatic heterocycles. The summed E-state index contributed by atoms with van der Waals surface area (Å²) in [5.74, 6) is 2.60. The Labute approximate surface area is 105 Å². The number of nitrogens with two attached hydrogens (primary N) is 1. The molecule has 0 bridgehead atoms. The normalized spacial score (nSPS) is 21.6. The molecule has 0 spiro atoms. The fourth-order valence-electron chi connectivity index (χ4n) is 1.99. The van der Waals surface area contributed by atoms with Crippen LogP contribution in [0.2, 0.25) is 0 Å². The summed E-state index contributed by atoms with van der Waals surface area (Å²) in [6, 6.07) is 8.14. The summed E-state index contributed by atoms with van der Waals surface area (Å²) < 4.78 is 17.5. The highest BCUT2D eigenvalue weighted by atomic mass is 32.2. The zero-order valence-electron chi connectivity index (χ0n) is 10.1. The van der Waals surface area contributed by atoms with Gasteiger partial charge in [0.25, 0.3) is 0 Å². The van der Waals surface area contributed by atoms with Crippen molar-refractivity contribution in [3.63, 3.8) is 0 Å². The van der Waals surface area contributed by atoms with Crippen molar-refractivity contribution in [1.29, 1.82) is 0 Å². The lowest BCUT2D eigenvalue weighted by Gasteiger charge is -2.09. The molecule has 17 heavy (non-hydrogen) atoms. The molecule has 3 nitrogen and oxygen atoms in total. The molecule has 1 aliphatic rings. The minimum atomic E-state index is -0.798.